The third-order valence-corrected chi connectivity index (χ3v) is 4.04. The smallest absolute Gasteiger partial charge is 0.380 e. The van der Waals surface area contributed by atoms with Crippen molar-refractivity contribution in [1.29, 1.82) is 0 Å². The maximum Gasteiger partial charge on any atom is 0.456 e. The van der Waals surface area contributed by atoms with E-state index in [1.165, 1.54) is 0 Å². The number of unbranched alkanes of at least 4 members (excludes halogenated alkanes) is 6. The maximum atomic E-state index is 12.1. The molecule has 0 heterocycles. The largest absolute Gasteiger partial charge is 0.456 e. The molecule has 0 atom stereocenters. The van der Waals surface area contributed by atoms with E-state index in [4.69, 9.17) is 4.74 Å². The van der Waals surface area contributed by atoms with Gasteiger partial charge in [0.2, 0.25) is 0 Å². The summed E-state index contributed by atoms with van der Waals surface area (Å²) in [6.45, 7) is 3.91. The average Bonchev–Trinajstić information content (AvgIpc) is 2.41. The zero-order chi connectivity index (χ0) is 18.7. The Morgan fingerprint density at radius 2 is 1.29 bits per heavy atom. The van der Waals surface area contributed by atoms with Crippen LogP contribution in [0.4, 0.5) is 26.3 Å². The van der Waals surface area contributed by atoms with Crippen LogP contribution in [0, 0.1) is 0 Å². The Morgan fingerprint density at radius 1 is 0.792 bits per heavy atom. The molecule has 0 aromatic rings. The normalized spacial score (nSPS) is 13.5. The molecule has 0 unspecified atom stereocenters. The number of rotatable bonds is 13. The van der Waals surface area contributed by atoms with Crippen molar-refractivity contribution < 1.29 is 31.1 Å². The fourth-order valence-electron chi connectivity index (χ4n) is 1.97. The molecule has 146 valence electrons. The van der Waals surface area contributed by atoms with E-state index in [0.717, 1.165) is 32.1 Å². The molecule has 0 amide bonds. The van der Waals surface area contributed by atoms with Crippen LogP contribution in [-0.4, -0.2) is 30.4 Å². The van der Waals surface area contributed by atoms with Crippen molar-refractivity contribution >= 4 is 11.9 Å². The van der Waals surface area contributed by atoms with Crippen LogP contribution in [0.5, 0.6) is 0 Å². The van der Waals surface area contributed by atoms with Crippen LogP contribution in [0.2, 0.25) is 0 Å². The highest BCUT2D eigenvalue weighted by Gasteiger charge is 2.32. The predicted octanol–water partition coefficient (Wildman–Crippen LogP) is 6.22. The molecule has 0 aliphatic rings. The van der Waals surface area contributed by atoms with Crippen molar-refractivity contribution in [2.24, 2.45) is 0 Å². The minimum atomic E-state index is -4.32. The molecule has 0 saturated carbocycles. The number of halogens is 6. The van der Waals surface area contributed by atoms with Gasteiger partial charge in [-0.15, -0.1) is 0 Å². The number of alkyl halides is 6. The molecule has 0 aliphatic heterocycles. The quantitative estimate of drug-likeness (QED) is 0.232. The van der Waals surface area contributed by atoms with Crippen molar-refractivity contribution in [1.82, 2.24) is 4.72 Å². The number of hydrogen-bond acceptors (Lipinski definition) is 3. The first kappa shape index (κ1) is 23.9. The lowest BCUT2D eigenvalue weighted by molar-refractivity contribution is -0.135. The lowest BCUT2D eigenvalue weighted by atomic mass is 10.1. The van der Waals surface area contributed by atoms with E-state index in [9.17, 15) is 26.3 Å². The molecule has 0 bridgehead atoms. The zero-order valence-corrected chi connectivity index (χ0v) is 15.0. The van der Waals surface area contributed by atoms with E-state index >= 15 is 0 Å². The van der Waals surface area contributed by atoms with Crippen molar-refractivity contribution in [3.63, 3.8) is 0 Å². The third-order valence-electron chi connectivity index (χ3n) is 3.15. The summed E-state index contributed by atoms with van der Waals surface area (Å²) in [5.41, 5.74) is -5.10. The highest BCUT2D eigenvalue weighted by Crippen LogP contribution is 2.29. The summed E-state index contributed by atoms with van der Waals surface area (Å²) in [4.78, 5) is 0. The highest BCUT2D eigenvalue weighted by molar-refractivity contribution is 7.98. The minimum Gasteiger partial charge on any atom is -0.380 e. The monoisotopic (exact) mass is 383 g/mol. The molecule has 1 N–H and O–H groups in total. The van der Waals surface area contributed by atoms with Gasteiger partial charge in [-0.05, 0) is 26.7 Å². The van der Waals surface area contributed by atoms with Crippen molar-refractivity contribution in [2.75, 3.05) is 13.2 Å². The van der Waals surface area contributed by atoms with Crippen LogP contribution in [0.3, 0.4) is 0 Å². The molecule has 2 nitrogen and oxygen atoms in total. The van der Waals surface area contributed by atoms with Crippen LogP contribution in [-0.2, 0) is 4.74 Å². The van der Waals surface area contributed by atoms with E-state index in [0.29, 0.717) is 13.0 Å². The number of hydrogen-bond donors (Lipinski definition) is 1. The topological polar surface area (TPSA) is 21.3 Å². The predicted molar refractivity (Wildman–Crippen MR) is 84.7 cm³/mol. The second-order valence-corrected chi connectivity index (χ2v) is 7.30. The molecule has 0 radical (unpaired) electrons. The Labute approximate surface area is 144 Å². The van der Waals surface area contributed by atoms with Crippen molar-refractivity contribution in [3.8, 4) is 0 Å². The van der Waals surface area contributed by atoms with Crippen molar-refractivity contribution in [3.05, 3.63) is 0 Å². The van der Waals surface area contributed by atoms with Gasteiger partial charge in [-0.3, -0.25) is 0 Å². The van der Waals surface area contributed by atoms with E-state index in [-0.39, 0.29) is 25.0 Å². The summed E-state index contributed by atoms with van der Waals surface area (Å²) in [5, 5.41) is 0. The average molecular weight is 383 g/mol. The second-order valence-electron chi connectivity index (χ2n) is 6.43. The molecular weight excluding hydrogens is 356 g/mol. The van der Waals surface area contributed by atoms with Gasteiger partial charge in [0.1, 0.15) is 0 Å². The Bertz CT molecular complexity index is 320. The van der Waals surface area contributed by atoms with E-state index in [1.54, 1.807) is 13.8 Å². The first-order valence-corrected chi connectivity index (χ1v) is 8.89. The number of ether oxygens (including phenoxy) is 1. The SMILES string of the molecule is CC(C)(COCCCCCCCCCC(F)(F)F)NSC(F)(F)F. The van der Waals surface area contributed by atoms with Crippen LogP contribution in [0.15, 0.2) is 0 Å². The van der Waals surface area contributed by atoms with Crippen LogP contribution in [0.1, 0.15) is 65.2 Å². The van der Waals surface area contributed by atoms with E-state index < -0.39 is 23.6 Å². The molecule has 24 heavy (non-hydrogen) atoms. The van der Waals surface area contributed by atoms with E-state index in [2.05, 4.69) is 4.72 Å². The van der Waals surface area contributed by atoms with Gasteiger partial charge >= 0.3 is 11.7 Å². The third kappa shape index (κ3) is 18.2. The molecular formula is C15H27F6NOS. The lowest BCUT2D eigenvalue weighted by Gasteiger charge is -2.25. The van der Waals surface area contributed by atoms with Gasteiger partial charge in [0.25, 0.3) is 0 Å². The minimum absolute atomic E-state index is 0.174. The highest BCUT2D eigenvalue weighted by atomic mass is 32.2. The first-order valence-electron chi connectivity index (χ1n) is 8.08. The molecule has 0 rings (SSSR count). The molecule has 0 aliphatic carbocycles. The molecule has 0 spiro atoms. The molecule has 0 fully saturated rings. The zero-order valence-electron chi connectivity index (χ0n) is 14.2. The summed E-state index contributed by atoms with van der Waals surface area (Å²) in [6.07, 6.45) is 0.333. The van der Waals surface area contributed by atoms with Gasteiger partial charge in [0.05, 0.1) is 6.61 Å². The number of nitrogens with one attached hydrogen (secondary N) is 1. The Kier molecular flexibility index (Phi) is 11.4. The molecule has 0 saturated heterocycles. The second kappa shape index (κ2) is 11.5. The molecule has 9 heteroatoms. The van der Waals surface area contributed by atoms with Crippen LogP contribution >= 0.6 is 11.9 Å². The van der Waals surface area contributed by atoms with Crippen molar-refractivity contribution in [2.45, 2.75) is 82.4 Å². The lowest BCUT2D eigenvalue weighted by Crippen LogP contribution is -2.41. The summed E-state index contributed by atoms with van der Waals surface area (Å²) < 4.78 is 79.7. The molecule has 0 aromatic heterocycles. The summed E-state index contributed by atoms with van der Waals surface area (Å²) >= 11 is -0.277. The standard InChI is InChI=1S/C15H27F6NOS/c1-13(2,22-24-15(19,20)21)12-23-11-9-7-5-3-4-6-8-10-14(16,17)18/h22H,3-12H2,1-2H3. The Hall–Kier alpha value is -0.150. The Morgan fingerprint density at radius 3 is 1.79 bits per heavy atom. The van der Waals surface area contributed by atoms with Gasteiger partial charge < -0.3 is 4.74 Å². The summed E-state index contributed by atoms with van der Waals surface area (Å²) in [7, 11) is 0. The van der Waals surface area contributed by atoms with Gasteiger partial charge in [-0.1, -0.05) is 32.1 Å². The summed E-state index contributed by atoms with van der Waals surface area (Å²) in [6, 6.07) is 0. The fraction of sp³-hybridized carbons (Fsp3) is 1.00. The fourth-order valence-corrected chi connectivity index (χ4v) is 2.42. The van der Waals surface area contributed by atoms with Gasteiger partial charge in [-0.25, -0.2) is 4.72 Å². The maximum absolute atomic E-state index is 12.1. The Balaban J connectivity index is 3.41. The van der Waals surface area contributed by atoms with Crippen LogP contribution < -0.4 is 4.72 Å². The molecule has 0 aromatic carbocycles. The van der Waals surface area contributed by atoms with E-state index in [1.807, 2.05) is 0 Å². The van der Waals surface area contributed by atoms with Gasteiger partial charge in [0.15, 0.2) is 0 Å². The van der Waals surface area contributed by atoms with Gasteiger partial charge in [-0.2, -0.15) is 26.3 Å². The first-order chi connectivity index (χ1) is 10.9. The van der Waals surface area contributed by atoms with Crippen LogP contribution in [0.25, 0.3) is 0 Å². The van der Waals surface area contributed by atoms with Gasteiger partial charge in [0, 0.05) is 30.5 Å². The summed E-state index contributed by atoms with van der Waals surface area (Å²) in [5.74, 6) is 0.